The highest BCUT2D eigenvalue weighted by molar-refractivity contribution is 5.80. The third kappa shape index (κ3) is 3.68. The number of hydrogen-bond donors (Lipinski definition) is 3. The second-order valence-corrected chi connectivity index (χ2v) is 5.27. The fourth-order valence-corrected chi connectivity index (χ4v) is 2.39. The van der Waals surface area contributed by atoms with Crippen molar-refractivity contribution >= 4 is 5.84 Å². The Morgan fingerprint density at radius 2 is 2.26 bits per heavy atom. The van der Waals surface area contributed by atoms with E-state index in [1.165, 1.54) is 0 Å². The smallest absolute Gasteiger partial charge is 0.141 e. The van der Waals surface area contributed by atoms with Crippen LogP contribution in [0.25, 0.3) is 0 Å². The van der Waals surface area contributed by atoms with Crippen LogP contribution < -0.4 is 11.1 Å². The van der Waals surface area contributed by atoms with Crippen LogP contribution in [0.5, 0.6) is 0 Å². The number of rotatable bonds is 5. The summed E-state index contributed by atoms with van der Waals surface area (Å²) in [7, 11) is 0. The van der Waals surface area contributed by atoms with Gasteiger partial charge in [-0.15, -0.1) is 0 Å². The van der Waals surface area contributed by atoms with E-state index >= 15 is 0 Å². The van der Waals surface area contributed by atoms with Gasteiger partial charge in [0.25, 0.3) is 0 Å². The van der Waals surface area contributed by atoms with Crippen LogP contribution in [0.2, 0.25) is 0 Å². The lowest BCUT2D eigenvalue weighted by Gasteiger charge is -2.30. The van der Waals surface area contributed by atoms with Crippen LogP contribution in [-0.2, 0) is 4.74 Å². The Balaban J connectivity index is 2.14. The van der Waals surface area contributed by atoms with Crippen molar-refractivity contribution in [3.8, 4) is 0 Å². The van der Waals surface area contributed by atoms with Crippen LogP contribution in [0.3, 0.4) is 0 Å². The Kier molecular flexibility index (Phi) is 4.39. The molecule has 104 valence electrons. The summed E-state index contributed by atoms with van der Waals surface area (Å²) >= 11 is 0. The topological polar surface area (TPSA) is 79.9 Å². The molecule has 2 atom stereocenters. The Bertz CT molecular complexity index is 428. The zero-order chi connectivity index (χ0) is 13.7. The molecule has 1 aliphatic rings. The molecule has 0 spiro atoms. The summed E-state index contributed by atoms with van der Waals surface area (Å²) < 4.78 is 5.45. The van der Waals surface area contributed by atoms with E-state index in [0.29, 0.717) is 13.0 Å². The molecule has 0 bridgehead atoms. The summed E-state index contributed by atoms with van der Waals surface area (Å²) in [5, 5.41) is 15.4. The van der Waals surface area contributed by atoms with Crippen molar-refractivity contribution in [1.82, 2.24) is 5.32 Å². The molecule has 0 radical (unpaired) electrons. The van der Waals surface area contributed by atoms with E-state index in [2.05, 4.69) is 17.4 Å². The molecule has 0 aromatic heterocycles. The van der Waals surface area contributed by atoms with E-state index < -0.39 is 0 Å². The maximum Gasteiger partial charge on any atom is 0.141 e. The van der Waals surface area contributed by atoms with Gasteiger partial charge in [-0.05, 0) is 18.9 Å². The third-order valence-electron chi connectivity index (χ3n) is 3.49. The number of benzene rings is 1. The highest BCUT2D eigenvalue weighted by Crippen LogP contribution is 2.25. The minimum atomic E-state index is -0.0593. The molecule has 1 saturated heterocycles. The predicted octanol–water partition coefficient (Wildman–Crippen LogP) is 1.63. The van der Waals surface area contributed by atoms with Gasteiger partial charge in [-0.25, -0.2) is 0 Å². The van der Waals surface area contributed by atoms with Crippen molar-refractivity contribution in [2.45, 2.75) is 31.3 Å². The molecule has 2 rings (SSSR count). The van der Waals surface area contributed by atoms with Crippen LogP contribution >= 0.6 is 0 Å². The average molecular weight is 263 g/mol. The van der Waals surface area contributed by atoms with Gasteiger partial charge in [0, 0.05) is 24.6 Å². The Hall–Kier alpha value is -1.59. The normalized spacial score (nSPS) is 25.4. The molecule has 1 aromatic carbocycles. The van der Waals surface area contributed by atoms with Crippen LogP contribution in [0, 0.1) is 0 Å². The van der Waals surface area contributed by atoms with Gasteiger partial charge in [0.05, 0.1) is 6.61 Å². The maximum absolute atomic E-state index is 8.77. The van der Waals surface area contributed by atoms with Gasteiger partial charge in [0.2, 0.25) is 0 Å². The summed E-state index contributed by atoms with van der Waals surface area (Å²) in [5.41, 5.74) is 6.73. The summed E-state index contributed by atoms with van der Waals surface area (Å²) in [5.74, 6) is 0.226. The molecule has 0 amide bonds. The minimum absolute atomic E-state index is 0.0174. The maximum atomic E-state index is 8.77. The number of oxime groups is 1. The number of hydrogen-bond acceptors (Lipinski definition) is 4. The number of amidine groups is 1. The largest absolute Gasteiger partial charge is 0.409 e. The molecule has 1 heterocycles. The van der Waals surface area contributed by atoms with E-state index in [4.69, 9.17) is 15.7 Å². The fraction of sp³-hybridized carbons (Fsp3) is 0.500. The molecule has 4 N–H and O–H groups in total. The van der Waals surface area contributed by atoms with Crippen molar-refractivity contribution in [2.75, 3.05) is 13.2 Å². The zero-order valence-electron chi connectivity index (χ0n) is 11.2. The third-order valence-corrected chi connectivity index (χ3v) is 3.49. The first-order chi connectivity index (χ1) is 9.13. The number of nitrogens with one attached hydrogen (secondary N) is 1. The van der Waals surface area contributed by atoms with Gasteiger partial charge in [-0.2, -0.15) is 0 Å². The molecule has 0 aliphatic carbocycles. The second-order valence-electron chi connectivity index (χ2n) is 5.27. The Morgan fingerprint density at radius 1 is 1.53 bits per heavy atom. The summed E-state index contributed by atoms with van der Waals surface area (Å²) in [4.78, 5) is 0. The van der Waals surface area contributed by atoms with Crippen molar-refractivity contribution in [2.24, 2.45) is 10.9 Å². The number of nitrogens with zero attached hydrogens (tertiary/aromatic N) is 1. The molecular weight excluding hydrogens is 242 g/mol. The zero-order valence-corrected chi connectivity index (χ0v) is 11.2. The standard InChI is InChI=1S/C14H21N3O2/c1-14(7-8-19-10-14)16-12(9-13(15)17-18)11-5-3-2-4-6-11/h2-6,12,16,18H,7-10H2,1H3,(H2,15,17). The molecule has 0 saturated carbocycles. The van der Waals surface area contributed by atoms with E-state index in [1.54, 1.807) is 0 Å². The van der Waals surface area contributed by atoms with Crippen LogP contribution in [-0.4, -0.2) is 29.8 Å². The second kappa shape index (κ2) is 6.04. The van der Waals surface area contributed by atoms with E-state index in [-0.39, 0.29) is 17.4 Å². The lowest BCUT2D eigenvalue weighted by Crippen LogP contribution is -2.45. The van der Waals surface area contributed by atoms with Gasteiger partial charge in [0.1, 0.15) is 5.84 Å². The van der Waals surface area contributed by atoms with Gasteiger partial charge in [0.15, 0.2) is 0 Å². The first-order valence-electron chi connectivity index (χ1n) is 6.50. The lowest BCUT2D eigenvalue weighted by molar-refractivity contribution is 0.167. The highest BCUT2D eigenvalue weighted by Gasteiger charge is 2.32. The number of ether oxygens (including phenoxy) is 1. The van der Waals surface area contributed by atoms with Gasteiger partial charge in [-0.3, -0.25) is 0 Å². The molecular formula is C14H21N3O2. The molecule has 1 aliphatic heterocycles. The highest BCUT2D eigenvalue weighted by atomic mass is 16.5. The quantitative estimate of drug-likeness (QED) is 0.326. The Labute approximate surface area is 113 Å². The summed E-state index contributed by atoms with van der Waals surface area (Å²) in [6.07, 6.45) is 1.43. The molecule has 19 heavy (non-hydrogen) atoms. The van der Waals surface area contributed by atoms with Gasteiger partial charge in [-0.1, -0.05) is 35.5 Å². The van der Waals surface area contributed by atoms with Crippen molar-refractivity contribution in [3.05, 3.63) is 35.9 Å². The fourth-order valence-electron chi connectivity index (χ4n) is 2.39. The number of nitrogens with two attached hydrogens (primary N) is 1. The van der Waals surface area contributed by atoms with Crippen LogP contribution in [0.4, 0.5) is 0 Å². The molecule has 5 heteroatoms. The average Bonchev–Trinajstić information content (AvgIpc) is 2.85. The van der Waals surface area contributed by atoms with Gasteiger partial charge >= 0.3 is 0 Å². The lowest BCUT2D eigenvalue weighted by atomic mass is 9.95. The predicted molar refractivity (Wildman–Crippen MR) is 74.2 cm³/mol. The first kappa shape index (κ1) is 13.8. The monoisotopic (exact) mass is 263 g/mol. The summed E-state index contributed by atoms with van der Waals surface area (Å²) in [6.45, 7) is 3.60. The van der Waals surface area contributed by atoms with Crippen molar-refractivity contribution in [3.63, 3.8) is 0 Å². The Morgan fingerprint density at radius 3 is 2.84 bits per heavy atom. The molecule has 2 unspecified atom stereocenters. The van der Waals surface area contributed by atoms with E-state index in [1.807, 2.05) is 30.3 Å². The first-order valence-corrected chi connectivity index (χ1v) is 6.50. The minimum Gasteiger partial charge on any atom is -0.409 e. The van der Waals surface area contributed by atoms with Crippen LogP contribution in [0.1, 0.15) is 31.4 Å². The molecule has 5 nitrogen and oxygen atoms in total. The van der Waals surface area contributed by atoms with Crippen molar-refractivity contribution < 1.29 is 9.94 Å². The summed E-state index contributed by atoms with van der Waals surface area (Å²) in [6, 6.07) is 10.1. The van der Waals surface area contributed by atoms with E-state index in [9.17, 15) is 0 Å². The van der Waals surface area contributed by atoms with Crippen molar-refractivity contribution in [1.29, 1.82) is 0 Å². The molecule has 1 aromatic rings. The SMILES string of the molecule is CC1(NC(C/C(N)=N/O)c2ccccc2)CCOC1. The van der Waals surface area contributed by atoms with Crippen LogP contribution in [0.15, 0.2) is 35.5 Å². The van der Waals surface area contributed by atoms with Gasteiger partial charge < -0.3 is 21.0 Å². The molecule has 1 fully saturated rings. The van der Waals surface area contributed by atoms with E-state index in [0.717, 1.165) is 18.6 Å².